The van der Waals surface area contributed by atoms with E-state index >= 15 is 0 Å². The summed E-state index contributed by atoms with van der Waals surface area (Å²) in [6.07, 6.45) is 4.50. The number of hydrogen-bond acceptors (Lipinski definition) is 4. The molecule has 0 bridgehead atoms. The zero-order valence-corrected chi connectivity index (χ0v) is 12.3. The number of halogens is 1. The van der Waals surface area contributed by atoms with E-state index in [0.29, 0.717) is 5.02 Å². The highest BCUT2D eigenvalue weighted by atomic mass is 35.5. The number of nitrogens with zero attached hydrogens (tertiary/aromatic N) is 1. The highest BCUT2D eigenvalue weighted by Crippen LogP contribution is 2.33. The highest BCUT2D eigenvalue weighted by Gasteiger charge is 2.19. The fraction of sp³-hybridized carbons (Fsp3) is 0.267. The predicted molar refractivity (Wildman–Crippen MR) is 80.8 cm³/mol. The van der Waals surface area contributed by atoms with Gasteiger partial charge in [0.25, 0.3) is 0 Å². The molecule has 1 aromatic heterocycles. The lowest BCUT2D eigenvalue weighted by Gasteiger charge is -2.21. The molecule has 0 saturated heterocycles. The summed E-state index contributed by atoms with van der Waals surface area (Å²) in [5, 5.41) is 0.646. The van der Waals surface area contributed by atoms with Gasteiger partial charge in [-0.2, -0.15) is 0 Å². The molecule has 1 atom stereocenters. The molecule has 0 fully saturated rings. The first-order valence-corrected chi connectivity index (χ1v) is 6.81. The van der Waals surface area contributed by atoms with Gasteiger partial charge in [-0.05, 0) is 41.8 Å². The molecule has 0 radical (unpaired) electrons. The van der Waals surface area contributed by atoms with Crippen molar-refractivity contribution in [2.75, 3.05) is 7.11 Å². The molecule has 2 rings (SSSR count). The van der Waals surface area contributed by atoms with E-state index < -0.39 is 0 Å². The summed E-state index contributed by atoms with van der Waals surface area (Å²) < 4.78 is 5.41. The molecule has 0 spiro atoms. The van der Waals surface area contributed by atoms with E-state index in [1.807, 2.05) is 24.4 Å². The van der Waals surface area contributed by atoms with Crippen LogP contribution in [-0.2, 0) is 6.42 Å². The second kappa shape index (κ2) is 6.70. The Kier molecular flexibility index (Phi) is 4.95. The van der Waals surface area contributed by atoms with Crippen LogP contribution in [0.1, 0.15) is 29.7 Å². The third-order valence-corrected chi connectivity index (χ3v) is 3.54. The molecule has 1 heterocycles. The van der Waals surface area contributed by atoms with E-state index in [1.54, 1.807) is 19.4 Å². The lowest BCUT2D eigenvalue weighted by Crippen LogP contribution is -2.30. The van der Waals surface area contributed by atoms with Crippen molar-refractivity contribution in [3.63, 3.8) is 0 Å². The lowest BCUT2D eigenvalue weighted by molar-refractivity contribution is 0.404. The monoisotopic (exact) mass is 291 g/mol. The van der Waals surface area contributed by atoms with Gasteiger partial charge in [-0.25, -0.2) is 5.43 Å². The first-order chi connectivity index (χ1) is 9.71. The van der Waals surface area contributed by atoms with Gasteiger partial charge in [0.1, 0.15) is 5.75 Å². The summed E-state index contributed by atoms with van der Waals surface area (Å²) in [6, 6.07) is 7.27. The van der Waals surface area contributed by atoms with Crippen molar-refractivity contribution in [2.45, 2.75) is 19.4 Å². The summed E-state index contributed by atoms with van der Waals surface area (Å²) in [6.45, 7) is 2.09. The van der Waals surface area contributed by atoms with Crippen LogP contribution in [0, 0.1) is 0 Å². The maximum atomic E-state index is 6.10. The normalized spacial score (nSPS) is 12.2. The van der Waals surface area contributed by atoms with Crippen molar-refractivity contribution in [1.29, 1.82) is 0 Å². The Morgan fingerprint density at radius 3 is 2.80 bits per heavy atom. The Morgan fingerprint density at radius 1 is 1.35 bits per heavy atom. The summed E-state index contributed by atoms with van der Waals surface area (Å²) in [4.78, 5) is 4.16. The van der Waals surface area contributed by atoms with Crippen LogP contribution in [0.25, 0.3) is 0 Å². The number of aryl methyl sites for hydroxylation is 1. The van der Waals surface area contributed by atoms with Crippen LogP contribution in [0.3, 0.4) is 0 Å². The summed E-state index contributed by atoms with van der Waals surface area (Å²) in [5.74, 6) is 6.51. The van der Waals surface area contributed by atoms with Gasteiger partial charge >= 0.3 is 0 Å². The average molecular weight is 292 g/mol. The maximum absolute atomic E-state index is 6.10. The third-order valence-electron chi connectivity index (χ3n) is 3.30. The number of nitrogens with one attached hydrogen (secondary N) is 1. The van der Waals surface area contributed by atoms with Crippen molar-refractivity contribution in [3.8, 4) is 5.75 Å². The van der Waals surface area contributed by atoms with Gasteiger partial charge in [-0.3, -0.25) is 10.8 Å². The Morgan fingerprint density at radius 2 is 2.15 bits per heavy atom. The Bertz CT molecular complexity index is 589. The Hall–Kier alpha value is -1.62. The molecular formula is C15H18ClN3O. The zero-order chi connectivity index (χ0) is 14.5. The average Bonchev–Trinajstić information content (AvgIpc) is 2.49. The lowest BCUT2D eigenvalue weighted by atomic mass is 9.94. The third kappa shape index (κ3) is 2.93. The minimum absolute atomic E-state index is 0.193. The van der Waals surface area contributed by atoms with Crippen LogP contribution >= 0.6 is 11.6 Å². The summed E-state index contributed by atoms with van der Waals surface area (Å²) in [5.41, 5.74) is 5.96. The van der Waals surface area contributed by atoms with Crippen molar-refractivity contribution in [2.24, 2.45) is 5.84 Å². The van der Waals surface area contributed by atoms with E-state index in [2.05, 4.69) is 17.3 Å². The van der Waals surface area contributed by atoms with Gasteiger partial charge in [0.2, 0.25) is 0 Å². The fourth-order valence-corrected chi connectivity index (χ4v) is 2.47. The van der Waals surface area contributed by atoms with E-state index in [9.17, 15) is 0 Å². The minimum atomic E-state index is -0.193. The van der Waals surface area contributed by atoms with Crippen LogP contribution in [0.5, 0.6) is 5.75 Å². The van der Waals surface area contributed by atoms with Gasteiger partial charge in [0.15, 0.2) is 0 Å². The largest absolute Gasteiger partial charge is 0.496 e. The molecule has 0 aliphatic rings. The molecule has 5 heteroatoms. The maximum Gasteiger partial charge on any atom is 0.124 e. The first-order valence-electron chi connectivity index (χ1n) is 6.43. The number of rotatable bonds is 5. The SMILES string of the molecule is CCc1cnccc1C(NN)c1cc(Cl)ccc1OC. The van der Waals surface area contributed by atoms with E-state index in [1.165, 1.54) is 0 Å². The van der Waals surface area contributed by atoms with Gasteiger partial charge in [-0.1, -0.05) is 18.5 Å². The predicted octanol–water partition coefficient (Wildman–Crippen LogP) is 2.86. The minimum Gasteiger partial charge on any atom is -0.496 e. The summed E-state index contributed by atoms with van der Waals surface area (Å²) in [7, 11) is 1.63. The van der Waals surface area contributed by atoms with E-state index in [4.69, 9.17) is 22.2 Å². The van der Waals surface area contributed by atoms with E-state index in [0.717, 1.165) is 28.9 Å². The standard InChI is InChI=1S/C15H18ClN3O/c1-3-10-9-18-7-6-12(10)15(19-17)13-8-11(16)4-5-14(13)20-2/h4-9,15,19H,3,17H2,1-2H3. The number of nitrogens with two attached hydrogens (primary N) is 1. The number of methoxy groups -OCH3 is 1. The number of pyridine rings is 1. The second-order valence-corrected chi connectivity index (χ2v) is 4.85. The topological polar surface area (TPSA) is 60.2 Å². The quantitative estimate of drug-likeness (QED) is 0.657. The molecule has 0 aliphatic carbocycles. The number of benzene rings is 1. The van der Waals surface area contributed by atoms with Crippen LogP contribution in [-0.4, -0.2) is 12.1 Å². The molecule has 1 aromatic carbocycles. The number of ether oxygens (including phenoxy) is 1. The Balaban J connectivity index is 2.55. The molecular weight excluding hydrogens is 274 g/mol. The molecule has 1 unspecified atom stereocenters. The molecule has 0 saturated carbocycles. The molecule has 106 valence electrons. The molecule has 0 amide bonds. The van der Waals surface area contributed by atoms with Gasteiger partial charge in [0.05, 0.1) is 13.2 Å². The molecule has 4 nitrogen and oxygen atoms in total. The molecule has 3 N–H and O–H groups in total. The summed E-state index contributed by atoms with van der Waals surface area (Å²) >= 11 is 6.10. The zero-order valence-electron chi connectivity index (χ0n) is 11.6. The van der Waals surface area contributed by atoms with Crippen molar-refractivity contribution >= 4 is 11.6 Å². The van der Waals surface area contributed by atoms with Crippen LogP contribution in [0.2, 0.25) is 5.02 Å². The second-order valence-electron chi connectivity index (χ2n) is 4.41. The molecule has 2 aromatic rings. The number of hydrogen-bond donors (Lipinski definition) is 2. The van der Waals surface area contributed by atoms with Gasteiger partial charge in [0, 0.05) is 23.0 Å². The first kappa shape index (κ1) is 14.8. The number of aromatic nitrogens is 1. The molecule has 20 heavy (non-hydrogen) atoms. The van der Waals surface area contributed by atoms with Crippen LogP contribution in [0.15, 0.2) is 36.7 Å². The van der Waals surface area contributed by atoms with Crippen LogP contribution in [0.4, 0.5) is 0 Å². The Labute approximate surface area is 123 Å². The van der Waals surface area contributed by atoms with Crippen molar-refractivity contribution in [1.82, 2.24) is 10.4 Å². The van der Waals surface area contributed by atoms with E-state index in [-0.39, 0.29) is 6.04 Å². The number of hydrazine groups is 1. The van der Waals surface area contributed by atoms with Crippen LogP contribution < -0.4 is 16.0 Å². The van der Waals surface area contributed by atoms with Crippen molar-refractivity contribution < 1.29 is 4.74 Å². The fourth-order valence-electron chi connectivity index (χ4n) is 2.29. The smallest absolute Gasteiger partial charge is 0.124 e. The molecule has 0 aliphatic heterocycles. The van der Waals surface area contributed by atoms with Crippen molar-refractivity contribution in [3.05, 3.63) is 58.4 Å². The van der Waals surface area contributed by atoms with Gasteiger partial charge < -0.3 is 4.74 Å². The van der Waals surface area contributed by atoms with Gasteiger partial charge in [-0.15, -0.1) is 0 Å². The highest BCUT2D eigenvalue weighted by molar-refractivity contribution is 6.30.